The van der Waals surface area contributed by atoms with E-state index in [9.17, 15) is 28.8 Å². The molecule has 0 atom stereocenters. The third kappa shape index (κ3) is 4.78. The lowest BCUT2D eigenvalue weighted by Crippen LogP contribution is -2.26. The van der Waals surface area contributed by atoms with Crippen molar-refractivity contribution < 1.29 is 38.1 Å². The number of ether oxygens (including phenoxy) is 4. The van der Waals surface area contributed by atoms with E-state index in [2.05, 4.69) is 18.9 Å². The van der Waals surface area contributed by atoms with Crippen LogP contribution in [0.2, 0.25) is 0 Å². The number of rotatable bonds is 6. The molecule has 1 aromatic carbocycles. The number of hydrogen-bond acceptors (Lipinski definition) is 10. The first-order chi connectivity index (χ1) is 17.2. The maximum Gasteiger partial charge on any atom is 0.343 e. The van der Waals surface area contributed by atoms with Gasteiger partial charge < -0.3 is 28.1 Å². The smallest absolute Gasteiger partial charge is 0.343 e. The molecule has 12 nitrogen and oxygen atoms in total. The molecule has 36 heavy (non-hydrogen) atoms. The Balaban J connectivity index is 2.15. The van der Waals surface area contributed by atoms with Gasteiger partial charge in [-0.15, -0.1) is 0 Å². The number of carbonyl (C=O) groups excluding carboxylic acids is 4. The molecule has 0 saturated carbocycles. The van der Waals surface area contributed by atoms with Crippen LogP contribution in [0, 0.1) is 0 Å². The van der Waals surface area contributed by atoms with Crippen LogP contribution in [0.25, 0.3) is 11.4 Å². The number of hydrogen-bond donors (Lipinski definition) is 0. The minimum Gasteiger partial charge on any atom is -0.465 e. The van der Waals surface area contributed by atoms with Crippen molar-refractivity contribution in [2.75, 3.05) is 28.4 Å². The first-order valence-corrected chi connectivity index (χ1v) is 10.1. The van der Waals surface area contributed by atoms with Crippen LogP contribution in [0.4, 0.5) is 0 Å². The van der Waals surface area contributed by atoms with Gasteiger partial charge >= 0.3 is 23.9 Å². The zero-order chi connectivity index (χ0) is 26.6. The van der Waals surface area contributed by atoms with Crippen molar-refractivity contribution in [1.29, 1.82) is 0 Å². The molecule has 0 radical (unpaired) electrons. The van der Waals surface area contributed by atoms with Gasteiger partial charge in [0, 0.05) is 36.2 Å². The van der Waals surface area contributed by atoms with Gasteiger partial charge in [-0.05, 0) is 24.3 Å². The third-order valence-electron chi connectivity index (χ3n) is 5.12. The fourth-order valence-corrected chi connectivity index (χ4v) is 3.27. The van der Waals surface area contributed by atoms with E-state index in [1.54, 1.807) is 24.3 Å². The van der Waals surface area contributed by atoms with Crippen LogP contribution in [0.5, 0.6) is 0 Å². The number of esters is 4. The minimum atomic E-state index is -0.935. The Labute approximate surface area is 203 Å². The summed E-state index contributed by atoms with van der Waals surface area (Å²) in [7, 11) is 4.39. The van der Waals surface area contributed by atoms with Crippen molar-refractivity contribution in [2.45, 2.75) is 0 Å². The molecule has 0 spiro atoms. The third-order valence-corrected chi connectivity index (χ3v) is 5.12. The highest BCUT2D eigenvalue weighted by Crippen LogP contribution is 2.16. The normalized spacial score (nSPS) is 10.3. The van der Waals surface area contributed by atoms with Gasteiger partial charge in [0.25, 0.3) is 0 Å². The van der Waals surface area contributed by atoms with E-state index in [1.807, 2.05) is 0 Å². The summed E-state index contributed by atoms with van der Waals surface area (Å²) in [4.78, 5) is 73.4. The number of methoxy groups -OCH3 is 4. The summed E-state index contributed by atoms with van der Waals surface area (Å²) in [6, 6.07) is 6.26. The monoisotopic (exact) mass is 496 g/mol. The van der Waals surface area contributed by atoms with E-state index < -0.39 is 34.7 Å². The summed E-state index contributed by atoms with van der Waals surface area (Å²) in [5.74, 6) is -3.74. The van der Waals surface area contributed by atoms with Gasteiger partial charge in [0.2, 0.25) is 10.9 Å². The van der Waals surface area contributed by atoms with Crippen LogP contribution >= 0.6 is 0 Å². The summed E-state index contributed by atoms with van der Waals surface area (Å²) >= 11 is 0. The molecule has 0 aliphatic rings. The van der Waals surface area contributed by atoms with E-state index >= 15 is 0 Å². The standard InChI is InChI=1S/C24H20N2O10/c1-33-21(29)15-9-25(10-16(19(15)27)22(30)34-2)13-5-7-14(8-6-13)26-11-17(23(31)35-3)20(28)18(12-26)24(32)36-4/h5-12H,1-4H3. The predicted molar refractivity (Wildman–Crippen MR) is 123 cm³/mol. The molecule has 12 heteroatoms. The number of pyridine rings is 2. The Morgan fingerprint density at radius 3 is 0.917 bits per heavy atom. The van der Waals surface area contributed by atoms with Crippen molar-refractivity contribution >= 4 is 23.9 Å². The molecule has 0 fully saturated rings. The quantitative estimate of drug-likeness (QED) is 0.359. The summed E-state index contributed by atoms with van der Waals surface area (Å²) in [5, 5.41) is 0. The highest BCUT2D eigenvalue weighted by molar-refractivity contribution is 5.95. The first-order valence-electron chi connectivity index (χ1n) is 10.1. The zero-order valence-electron chi connectivity index (χ0n) is 19.6. The Morgan fingerprint density at radius 1 is 0.500 bits per heavy atom. The molecular weight excluding hydrogens is 476 g/mol. The van der Waals surface area contributed by atoms with E-state index in [0.29, 0.717) is 11.4 Å². The SMILES string of the molecule is COC(=O)c1cn(-c2ccc(-n3cc(C(=O)OC)c(=O)c(C(=O)OC)c3)cc2)cc(C(=O)OC)c1=O. The minimum absolute atomic E-state index is 0.379. The van der Waals surface area contributed by atoms with E-state index in [0.717, 1.165) is 28.4 Å². The van der Waals surface area contributed by atoms with E-state index in [1.165, 1.54) is 33.9 Å². The van der Waals surface area contributed by atoms with E-state index in [4.69, 9.17) is 0 Å². The van der Waals surface area contributed by atoms with Crippen molar-refractivity contribution in [3.8, 4) is 11.4 Å². The van der Waals surface area contributed by atoms with Gasteiger partial charge in [0.15, 0.2) is 0 Å². The Bertz CT molecular complexity index is 1290. The molecule has 3 aromatic rings. The Hall–Kier alpha value is -5.00. The van der Waals surface area contributed by atoms with Crippen molar-refractivity contribution in [1.82, 2.24) is 9.13 Å². The van der Waals surface area contributed by atoms with Crippen LogP contribution in [-0.4, -0.2) is 61.5 Å². The topological polar surface area (TPSA) is 149 Å². The molecule has 0 unspecified atom stereocenters. The van der Waals surface area contributed by atoms with Crippen molar-refractivity contribution in [3.63, 3.8) is 0 Å². The fraction of sp³-hybridized carbons (Fsp3) is 0.167. The maximum absolute atomic E-state index is 12.5. The molecule has 2 heterocycles. The molecule has 0 bridgehead atoms. The molecule has 0 aliphatic heterocycles. The van der Waals surface area contributed by atoms with Crippen LogP contribution < -0.4 is 10.9 Å². The summed E-state index contributed by atoms with van der Waals surface area (Å²) in [5.41, 5.74) is -2.36. The molecule has 0 amide bonds. The van der Waals surface area contributed by atoms with Crippen LogP contribution in [0.3, 0.4) is 0 Å². The second kappa shape index (κ2) is 10.5. The first kappa shape index (κ1) is 25.6. The number of carbonyl (C=O) groups is 4. The molecule has 0 aliphatic carbocycles. The van der Waals surface area contributed by atoms with Crippen LogP contribution in [-0.2, 0) is 18.9 Å². The summed E-state index contributed by atoms with van der Waals surface area (Å²) in [6.45, 7) is 0. The highest BCUT2D eigenvalue weighted by Gasteiger charge is 2.22. The van der Waals surface area contributed by atoms with Crippen LogP contribution in [0.15, 0.2) is 58.6 Å². The van der Waals surface area contributed by atoms with E-state index in [-0.39, 0.29) is 22.3 Å². The van der Waals surface area contributed by atoms with Crippen molar-refractivity contribution in [3.05, 3.63) is 91.8 Å². The van der Waals surface area contributed by atoms with Gasteiger partial charge in [-0.1, -0.05) is 0 Å². The lowest BCUT2D eigenvalue weighted by atomic mass is 10.1. The molecule has 186 valence electrons. The average Bonchev–Trinajstić information content (AvgIpc) is 2.91. The largest absolute Gasteiger partial charge is 0.465 e. The maximum atomic E-state index is 12.5. The lowest BCUT2D eigenvalue weighted by Gasteiger charge is -2.13. The lowest BCUT2D eigenvalue weighted by molar-refractivity contribution is 0.0577. The average molecular weight is 496 g/mol. The molecular formula is C24H20N2O10. The molecule has 0 N–H and O–H groups in total. The Kier molecular flexibility index (Phi) is 7.48. The highest BCUT2D eigenvalue weighted by atomic mass is 16.5. The van der Waals surface area contributed by atoms with Crippen LogP contribution in [0.1, 0.15) is 41.4 Å². The Morgan fingerprint density at radius 2 is 0.722 bits per heavy atom. The second-order valence-corrected chi connectivity index (χ2v) is 7.13. The second-order valence-electron chi connectivity index (χ2n) is 7.13. The number of nitrogens with zero attached hydrogens (tertiary/aromatic N) is 2. The van der Waals surface area contributed by atoms with Gasteiger partial charge in [0.1, 0.15) is 22.3 Å². The van der Waals surface area contributed by atoms with Gasteiger partial charge in [-0.25, -0.2) is 19.2 Å². The zero-order valence-corrected chi connectivity index (χ0v) is 19.6. The number of benzene rings is 1. The molecule has 2 aromatic heterocycles. The molecule has 3 rings (SSSR count). The van der Waals surface area contributed by atoms with Gasteiger partial charge in [-0.2, -0.15) is 0 Å². The van der Waals surface area contributed by atoms with Crippen molar-refractivity contribution in [2.24, 2.45) is 0 Å². The predicted octanol–water partition coefficient (Wildman–Crippen LogP) is 1.13. The summed E-state index contributed by atoms with van der Waals surface area (Å²) < 4.78 is 21.2. The summed E-state index contributed by atoms with van der Waals surface area (Å²) in [6.07, 6.45) is 4.83. The van der Waals surface area contributed by atoms with Gasteiger partial charge in [-0.3, -0.25) is 9.59 Å². The van der Waals surface area contributed by atoms with Gasteiger partial charge in [0.05, 0.1) is 28.4 Å². The number of aromatic nitrogens is 2. The fourth-order valence-electron chi connectivity index (χ4n) is 3.27. The molecule has 0 saturated heterocycles.